The lowest BCUT2D eigenvalue weighted by molar-refractivity contribution is -0.132. The van der Waals surface area contributed by atoms with Crippen LogP contribution in [0.1, 0.15) is 36.6 Å². The van der Waals surface area contributed by atoms with Crippen LogP contribution >= 0.6 is 0 Å². The molecule has 0 aromatic heterocycles. The van der Waals surface area contributed by atoms with Crippen molar-refractivity contribution in [3.8, 4) is 17.6 Å². The Labute approximate surface area is 196 Å². The number of Topliss-reactive ketones (excluding diaryl/α,β-unsaturated/α-hetero) is 1. The summed E-state index contributed by atoms with van der Waals surface area (Å²) in [6.07, 6.45) is -0.0867. The van der Waals surface area contributed by atoms with Crippen molar-refractivity contribution in [3.05, 3.63) is 95.1 Å². The van der Waals surface area contributed by atoms with E-state index in [2.05, 4.69) is 0 Å². The molecule has 0 aliphatic carbocycles. The van der Waals surface area contributed by atoms with E-state index in [-0.39, 0.29) is 23.2 Å². The van der Waals surface area contributed by atoms with E-state index in [1.165, 1.54) is 17.0 Å². The highest BCUT2D eigenvalue weighted by Crippen LogP contribution is 2.42. The van der Waals surface area contributed by atoms with Gasteiger partial charge in [0.15, 0.2) is 0 Å². The number of anilines is 1. The fourth-order valence-corrected chi connectivity index (χ4v) is 3.91. The minimum atomic E-state index is -0.941. The second kappa shape index (κ2) is 9.12. The molecule has 3 aromatic carbocycles. The van der Waals surface area contributed by atoms with Crippen LogP contribution in [0.15, 0.2) is 78.4 Å². The number of nitriles is 1. The van der Waals surface area contributed by atoms with Crippen LogP contribution in [0.4, 0.5) is 5.69 Å². The van der Waals surface area contributed by atoms with Crippen LogP contribution < -0.4 is 9.64 Å². The van der Waals surface area contributed by atoms with E-state index in [1.807, 2.05) is 19.9 Å². The number of ether oxygens (including phenoxy) is 1. The van der Waals surface area contributed by atoms with E-state index in [9.17, 15) is 19.8 Å². The normalized spacial score (nSPS) is 17.1. The number of rotatable bonds is 5. The van der Waals surface area contributed by atoms with Gasteiger partial charge in [-0.2, -0.15) is 5.26 Å². The summed E-state index contributed by atoms with van der Waals surface area (Å²) < 4.78 is 5.70. The van der Waals surface area contributed by atoms with Crippen LogP contribution in [0.5, 0.6) is 11.5 Å². The average Bonchev–Trinajstić information content (AvgIpc) is 3.09. The number of nitrogens with zero attached hydrogens (tertiary/aromatic N) is 2. The Morgan fingerprint density at radius 3 is 2.32 bits per heavy atom. The van der Waals surface area contributed by atoms with E-state index in [0.29, 0.717) is 28.1 Å². The summed E-state index contributed by atoms with van der Waals surface area (Å²) in [4.78, 5) is 27.6. The van der Waals surface area contributed by atoms with Gasteiger partial charge in [0.05, 0.1) is 29.4 Å². The molecule has 1 aliphatic heterocycles. The predicted octanol–water partition coefficient (Wildman–Crippen LogP) is 4.68. The SMILES string of the molecule is CC(C)Oc1cccc(/C(O)=C2/C(=O)C(=O)N(c3ccc(C#N)cc3)C2c2ccc(O)cc2)c1. The molecule has 170 valence electrons. The minimum absolute atomic E-state index is 0.0256. The van der Waals surface area contributed by atoms with Crippen molar-refractivity contribution in [1.82, 2.24) is 0 Å². The van der Waals surface area contributed by atoms with Crippen molar-refractivity contribution < 1.29 is 24.5 Å². The molecule has 1 atom stereocenters. The molecular formula is C27H22N2O5. The van der Waals surface area contributed by atoms with Gasteiger partial charge in [0.25, 0.3) is 11.7 Å². The number of ketones is 1. The van der Waals surface area contributed by atoms with Crippen LogP contribution in [0, 0.1) is 11.3 Å². The van der Waals surface area contributed by atoms with Gasteiger partial charge in [-0.3, -0.25) is 14.5 Å². The zero-order chi connectivity index (χ0) is 24.4. The van der Waals surface area contributed by atoms with E-state index in [1.54, 1.807) is 60.7 Å². The van der Waals surface area contributed by atoms with Crippen LogP contribution in [0.2, 0.25) is 0 Å². The number of carbonyl (C=O) groups excluding carboxylic acids is 2. The lowest BCUT2D eigenvalue weighted by Gasteiger charge is -2.25. The van der Waals surface area contributed by atoms with Crippen LogP contribution in [-0.4, -0.2) is 28.0 Å². The number of aliphatic hydroxyl groups excluding tert-OH is 1. The molecule has 1 heterocycles. The van der Waals surface area contributed by atoms with Gasteiger partial charge in [0, 0.05) is 11.3 Å². The third kappa shape index (κ3) is 4.21. The number of phenolic OH excluding ortho intramolecular Hbond substituents is 1. The van der Waals surface area contributed by atoms with Gasteiger partial charge in [0.2, 0.25) is 0 Å². The van der Waals surface area contributed by atoms with E-state index >= 15 is 0 Å². The third-order valence-electron chi connectivity index (χ3n) is 5.41. The second-order valence-corrected chi connectivity index (χ2v) is 8.11. The highest BCUT2D eigenvalue weighted by Gasteiger charge is 2.47. The predicted molar refractivity (Wildman–Crippen MR) is 126 cm³/mol. The first kappa shape index (κ1) is 22.6. The van der Waals surface area contributed by atoms with E-state index in [0.717, 1.165) is 0 Å². The quantitative estimate of drug-likeness (QED) is 0.329. The van der Waals surface area contributed by atoms with Gasteiger partial charge in [0.1, 0.15) is 17.3 Å². The molecule has 4 rings (SSSR count). The number of benzene rings is 3. The first-order valence-electron chi connectivity index (χ1n) is 10.7. The molecule has 1 unspecified atom stereocenters. The third-order valence-corrected chi connectivity index (χ3v) is 5.41. The molecule has 1 amide bonds. The summed E-state index contributed by atoms with van der Waals surface area (Å²) in [5, 5.41) is 30.1. The highest BCUT2D eigenvalue weighted by atomic mass is 16.5. The van der Waals surface area contributed by atoms with Crippen molar-refractivity contribution in [2.75, 3.05) is 4.90 Å². The highest BCUT2D eigenvalue weighted by molar-refractivity contribution is 6.51. The molecule has 0 bridgehead atoms. The Bertz CT molecular complexity index is 1320. The molecule has 0 radical (unpaired) electrons. The minimum Gasteiger partial charge on any atom is -0.508 e. The number of phenols is 1. The first-order valence-corrected chi connectivity index (χ1v) is 10.7. The maximum atomic E-state index is 13.2. The molecule has 0 spiro atoms. The fourth-order valence-electron chi connectivity index (χ4n) is 3.91. The Morgan fingerprint density at radius 1 is 1.03 bits per heavy atom. The Balaban J connectivity index is 1.89. The number of aromatic hydroxyl groups is 1. The van der Waals surface area contributed by atoms with Gasteiger partial charge in [-0.15, -0.1) is 0 Å². The zero-order valence-corrected chi connectivity index (χ0v) is 18.6. The Morgan fingerprint density at radius 2 is 1.71 bits per heavy atom. The standard InChI is InChI=1S/C27H22N2O5/c1-16(2)34-22-5-3-4-19(14-22)25(31)23-24(18-8-12-21(30)13-9-18)29(27(33)26(23)32)20-10-6-17(15-28)7-11-20/h3-14,16,24,30-31H,1-2H3/b25-23-. The number of hydrogen-bond acceptors (Lipinski definition) is 6. The van der Waals surface area contributed by atoms with Crippen LogP contribution in [0.3, 0.4) is 0 Å². The summed E-state index contributed by atoms with van der Waals surface area (Å²) in [5.41, 5.74) is 1.58. The van der Waals surface area contributed by atoms with E-state index < -0.39 is 17.7 Å². The maximum absolute atomic E-state index is 13.2. The van der Waals surface area contributed by atoms with Crippen LogP contribution in [-0.2, 0) is 9.59 Å². The van der Waals surface area contributed by atoms with E-state index in [4.69, 9.17) is 10.00 Å². The second-order valence-electron chi connectivity index (χ2n) is 8.11. The summed E-state index contributed by atoms with van der Waals surface area (Å²) >= 11 is 0. The molecule has 7 nitrogen and oxygen atoms in total. The molecule has 1 fully saturated rings. The van der Waals surface area contributed by atoms with Gasteiger partial charge < -0.3 is 14.9 Å². The maximum Gasteiger partial charge on any atom is 0.300 e. The Hall–Kier alpha value is -4.57. The summed E-state index contributed by atoms with van der Waals surface area (Å²) in [6.45, 7) is 3.75. The van der Waals surface area contributed by atoms with Crippen molar-refractivity contribution in [2.24, 2.45) is 0 Å². The van der Waals surface area contributed by atoms with Crippen LogP contribution in [0.25, 0.3) is 5.76 Å². The van der Waals surface area contributed by atoms with Gasteiger partial charge in [-0.1, -0.05) is 24.3 Å². The first-order chi connectivity index (χ1) is 16.3. The number of carbonyl (C=O) groups is 2. The molecule has 0 saturated carbocycles. The van der Waals surface area contributed by atoms with Crippen molar-refractivity contribution in [1.29, 1.82) is 5.26 Å². The van der Waals surface area contributed by atoms with Gasteiger partial charge in [-0.25, -0.2) is 0 Å². The summed E-state index contributed by atoms with van der Waals surface area (Å²) in [5.74, 6) is -1.44. The fraction of sp³-hybridized carbons (Fsp3) is 0.148. The number of amides is 1. The molecule has 2 N–H and O–H groups in total. The lowest BCUT2D eigenvalue weighted by Crippen LogP contribution is -2.29. The molecule has 1 aliphatic rings. The van der Waals surface area contributed by atoms with Crippen molar-refractivity contribution in [3.63, 3.8) is 0 Å². The zero-order valence-electron chi connectivity index (χ0n) is 18.6. The van der Waals surface area contributed by atoms with Crippen molar-refractivity contribution >= 4 is 23.1 Å². The molecule has 3 aromatic rings. The topological polar surface area (TPSA) is 111 Å². The number of hydrogen-bond donors (Lipinski definition) is 2. The Kier molecular flexibility index (Phi) is 6.07. The summed E-state index contributed by atoms with van der Waals surface area (Å²) in [6, 6.07) is 20.1. The monoisotopic (exact) mass is 454 g/mol. The lowest BCUT2D eigenvalue weighted by atomic mass is 9.95. The summed E-state index contributed by atoms with van der Waals surface area (Å²) in [7, 11) is 0. The largest absolute Gasteiger partial charge is 0.508 e. The molecule has 1 saturated heterocycles. The molecule has 34 heavy (non-hydrogen) atoms. The van der Waals surface area contributed by atoms with Crippen molar-refractivity contribution in [2.45, 2.75) is 26.0 Å². The number of aliphatic hydroxyl groups is 1. The van der Waals surface area contributed by atoms with Gasteiger partial charge in [-0.05, 0) is 67.9 Å². The molecular weight excluding hydrogens is 432 g/mol. The molecule has 7 heteroatoms. The average molecular weight is 454 g/mol. The smallest absolute Gasteiger partial charge is 0.300 e. The van der Waals surface area contributed by atoms with Gasteiger partial charge >= 0.3 is 0 Å².